The molecular formula is C36H41N8+. The summed E-state index contributed by atoms with van der Waals surface area (Å²) in [7, 11) is 8.26. The topological polar surface area (TPSA) is 46.5 Å². The lowest BCUT2D eigenvalue weighted by molar-refractivity contribution is -0.646. The fraction of sp³-hybridized carbons (Fsp3) is 0.250. The molecule has 0 N–H and O–H groups in total. The van der Waals surface area contributed by atoms with Crippen molar-refractivity contribution in [3.8, 4) is 0 Å². The highest BCUT2D eigenvalue weighted by atomic mass is 15.5. The van der Waals surface area contributed by atoms with E-state index in [4.69, 9.17) is 10.2 Å². The van der Waals surface area contributed by atoms with Crippen LogP contribution in [0.15, 0.2) is 119 Å². The van der Waals surface area contributed by atoms with Crippen LogP contribution in [0.4, 0.5) is 22.7 Å². The molecule has 1 aliphatic rings. The Balaban J connectivity index is 1.18. The predicted molar refractivity (Wildman–Crippen MR) is 184 cm³/mol. The average molecular weight is 586 g/mol. The van der Waals surface area contributed by atoms with Gasteiger partial charge in [-0.3, -0.25) is 10.0 Å². The van der Waals surface area contributed by atoms with Crippen LogP contribution in [-0.4, -0.2) is 50.8 Å². The molecule has 0 saturated heterocycles. The minimum atomic E-state index is 0.0417. The van der Waals surface area contributed by atoms with Crippen molar-refractivity contribution < 1.29 is 4.57 Å². The van der Waals surface area contributed by atoms with E-state index in [1.54, 1.807) is 0 Å². The van der Waals surface area contributed by atoms with Crippen molar-refractivity contribution in [2.75, 3.05) is 47.5 Å². The second-order valence-electron chi connectivity index (χ2n) is 11.2. The Bertz CT molecular complexity index is 1740. The maximum Gasteiger partial charge on any atom is 0.302 e. The van der Waals surface area contributed by atoms with Crippen LogP contribution in [0.3, 0.4) is 0 Å². The molecule has 0 amide bonds. The number of aromatic nitrogens is 2. The molecule has 1 aromatic heterocycles. The Morgan fingerprint density at radius 2 is 1.27 bits per heavy atom. The van der Waals surface area contributed by atoms with Crippen molar-refractivity contribution in [2.45, 2.75) is 25.6 Å². The highest BCUT2D eigenvalue weighted by molar-refractivity contribution is 5.87. The molecule has 4 aromatic carbocycles. The molecule has 8 nitrogen and oxygen atoms in total. The molecular weight excluding hydrogens is 544 g/mol. The average Bonchev–Trinajstić information content (AvgIpc) is 3.50. The first-order valence-electron chi connectivity index (χ1n) is 15.2. The highest BCUT2D eigenvalue weighted by Gasteiger charge is 2.32. The second-order valence-corrected chi connectivity index (χ2v) is 11.2. The lowest BCUT2D eigenvalue weighted by Crippen LogP contribution is -2.43. The molecule has 2 heterocycles. The van der Waals surface area contributed by atoms with E-state index in [2.05, 4.69) is 112 Å². The number of nitrogens with zero attached hydrogens (tertiary/aromatic N) is 8. The van der Waals surface area contributed by atoms with Gasteiger partial charge in [0.05, 0.1) is 42.6 Å². The van der Waals surface area contributed by atoms with Crippen molar-refractivity contribution in [2.24, 2.45) is 17.3 Å². The quantitative estimate of drug-likeness (QED) is 0.0811. The Labute approximate surface area is 260 Å². The largest absolute Gasteiger partial charge is 0.348 e. The van der Waals surface area contributed by atoms with Crippen LogP contribution in [0.25, 0.3) is 11.0 Å². The van der Waals surface area contributed by atoms with Gasteiger partial charge in [0.2, 0.25) is 0 Å². The van der Waals surface area contributed by atoms with Gasteiger partial charge in [0, 0.05) is 27.7 Å². The number of anilines is 4. The highest BCUT2D eigenvalue weighted by Crippen LogP contribution is 2.38. The Hall–Kier alpha value is -5.11. The predicted octanol–water partition coefficient (Wildman–Crippen LogP) is 6.12. The van der Waals surface area contributed by atoms with Crippen molar-refractivity contribution in [1.82, 2.24) is 4.57 Å². The van der Waals surface area contributed by atoms with Crippen molar-refractivity contribution in [3.05, 3.63) is 115 Å². The van der Waals surface area contributed by atoms with E-state index in [0.29, 0.717) is 0 Å². The maximum absolute atomic E-state index is 4.84. The maximum atomic E-state index is 4.84. The molecule has 1 unspecified atom stereocenters. The fourth-order valence-corrected chi connectivity index (χ4v) is 6.00. The van der Waals surface area contributed by atoms with E-state index in [0.717, 1.165) is 43.1 Å². The first kappa shape index (κ1) is 29.0. The van der Waals surface area contributed by atoms with Gasteiger partial charge in [-0.25, -0.2) is 9.13 Å². The second kappa shape index (κ2) is 13.0. The molecule has 0 saturated carbocycles. The molecule has 0 bridgehead atoms. The van der Waals surface area contributed by atoms with Crippen LogP contribution >= 0.6 is 0 Å². The standard InChI is InChI=1S/C36H41N8/c1-39-31-21-11-13-23-33(31)43(35(39)27-37-41(3)29-17-7-5-8-18-29)25-15-16-26-44-34-24-14-12-22-32(34)40(2)36(44)28-38-42(4)30-19-9-6-10-20-30/h5-14,17-24,27-28,35H,15-16,25-26H2,1-4H3/q+1/b37-27+. The zero-order valence-corrected chi connectivity index (χ0v) is 26.0. The van der Waals surface area contributed by atoms with E-state index in [-0.39, 0.29) is 6.17 Å². The van der Waals surface area contributed by atoms with Crippen LogP contribution in [0.5, 0.6) is 0 Å². The molecule has 44 heavy (non-hydrogen) atoms. The fourth-order valence-electron chi connectivity index (χ4n) is 6.00. The summed E-state index contributed by atoms with van der Waals surface area (Å²) >= 11 is 0. The molecule has 1 atom stereocenters. The number of rotatable bonds is 11. The number of para-hydroxylation sites is 6. The zero-order chi connectivity index (χ0) is 30.5. The number of aryl methyl sites for hydroxylation is 2. The van der Waals surface area contributed by atoms with Crippen molar-refractivity contribution in [3.63, 3.8) is 0 Å². The summed E-state index contributed by atoms with van der Waals surface area (Å²) in [6.45, 7) is 1.83. The van der Waals surface area contributed by atoms with Crippen LogP contribution in [0, 0.1) is 0 Å². The lowest BCUT2D eigenvalue weighted by Gasteiger charge is -2.28. The van der Waals surface area contributed by atoms with Gasteiger partial charge in [-0.2, -0.15) is 10.2 Å². The smallest absolute Gasteiger partial charge is 0.302 e. The van der Waals surface area contributed by atoms with Gasteiger partial charge in [-0.1, -0.05) is 60.7 Å². The normalized spacial score (nSPS) is 14.7. The molecule has 0 radical (unpaired) electrons. The monoisotopic (exact) mass is 585 g/mol. The summed E-state index contributed by atoms with van der Waals surface area (Å²) in [5, 5.41) is 13.5. The molecule has 5 aromatic rings. The summed E-state index contributed by atoms with van der Waals surface area (Å²) < 4.78 is 4.63. The van der Waals surface area contributed by atoms with E-state index in [1.807, 2.05) is 66.7 Å². The number of unbranched alkanes of at least 4 members (excludes halogenated alkanes) is 1. The number of hydrazone groups is 2. The van der Waals surface area contributed by atoms with Gasteiger partial charge in [0.15, 0.2) is 11.0 Å². The number of hydrogen-bond donors (Lipinski definition) is 0. The van der Waals surface area contributed by atoms with Crippen LogP contribution in [-0.2, 0) is 13.6 Å². The minimum absolute atomic E-state index is 0.0417. The summed E-state index contributed by atoms with van der Waals surface area (Å²) in [4.78, 5) is 4.79. The van der Waals surface area contributed by atoms with E-state index >= 15 is 0 Å². The van der Waals surface area contributed by atoms with Gasteiger partial charge in [0.1, 0.15) is 12.4 Å². The SMILES string of the molecule is CN(/N=C/c1n(CCCCN2c3ccccc3N(C)C2/C=N/N(C)c2ccccc2)c2ccccc2[n+]1C)c1ccccc1. The third-order valence-corrected chi connectivity index (χ3v) is 8.45. The summed E-state index contributed by atoms with van der Waals surface area (Å²) in [5.41, 5.74) is 7.02. The number of benzene rings is 4. The summed E-state index contributed by atoms with van der Waals surface area (Å²) in [6.07, 6.45) is 6.15. The van der Waals surface area contributed by atoms with Gasteiger partial charge in [-0.05, 0) is 61.4 Å². The molecule has 8 heteroatoms. The Morgan fingerprint density at radius 1 is 0.705 bits per heavy atom. The lowest BCUT2D eigenvalue weighted by atomic mass is 10.2. The van der Waals surface area contributed by atoms with E-state index in [9.17, 15) is 0 Å². The number of hydrogen-bond acceptors (Lipinski definition) is 6. The molecule has 1 aliphatic heterocycles. The number of fused-ring (bicyclic) bond motifs is 2. The van der Waals surface area contributed by atoms with Gasteiger partial charge < -0.3 is 9.80 Å². The van der Waals surface area contributed by atoms with E-state index < -0.39 is 0 Å². The minimum Gasteiger partial charge on any atom is -0.348 e. The van der Waals surface area contributed by atoms with Crippen LogP contribution in [0.1, 0.15) is 18.7 Å². The molecule has 224 valence electrons. The Kier molecular flexibility index (Phi) is 8.59. The Morgan fingerprint density at radius 3 is 1.98 bits per heavy atom. The van der Waals surface area contributed by atoms with Crippen LogP contribution in [0.2, 0.25) is 0 Å². The van der Waals surface area contributed by atoms with Crippen molar-refractivity contribution in [1.29, 1.82) is 0 Å². The summed E-state index contributed by atoms with van der Waals surface area (Å²) in [5.74, 6) is 1.08. The zero-order valence-electron chi connectivity index (χ0n) is 26.0. The number of imidazole rings is 1. The first-order chi connectivity index (χ1) is 21.5. The van der Waals surface area contributed by atoms with Crippen molar-refractivity contribution >= 4 is 46.2 Å². The first-order valence-corrected chi connectivity index (χ1v) is 15.2. The third kappa shape index (κ3) is 5.88. The van der Waals surface area contributed by atoms with Gasteiger partial charge >= 0.3 is 5.82 Å². The van der Waals surface area contributed by atoms with Gasteiger partial charge in [0.25, 0.3) is 0 Å². The van der Waals surface area contributed by atoms with Gasteiger partial charge in [-0.15, -0.1) is 0 Å². The summed E-state index contributed by atoms with van der Waals surface area (Å²) in [6, 6.07) is 37.7. The van der Waals surface area contributed by atoms with E-state index in [1.165, 1.54) is 22.4 Å². The molecule has 6 rings (SSSR count). The van der Waals surface area contributed by atoms with Crippen LogP contribution < -0.4 is 24.4 Å². The molecule has 0 spiro atoms. The molecule has 0 fully saturated rings. The molecule has 0 aliphatic carbocycles. The third-order valence-electron chi connectivity index (χ3n) is 8.45.